The number of hydrogen-bond donors (Lipinski definition) is 3. The van der Waals surface area contributed by atoms with Crippen LogP contribution >= 0.6 is 0 Å². The van der Waals surface area contributed by atoms with Crippen LogP contribution < -0.4 is 10.4 Å². The van der Waals surface area contributed by atoms with Gasteiger partial charge in [0.05, 0.1) is 27.5 Å². The zero-order valence-electron chi connectivity index (χ0n) is 16.7. The SMILES string of the molecule is CC(=O)[O-].c1ccc2c(c1)[NH+]c1c-2c2c3ccccc3[nH]c2c2[nH]c3ccccc3c12. The average molecular weight is 404 g/mol. The van der Waals surface area contributed by atoms with E-state index in [2.05, 4.69) is 88.1 Å². The van der Waals surface area contributed by atoms with Gasteiger partial charge in [-0.3, -0.25) is 0 Å². The van der Waals surface area contributed by atoms with E-state index >= 15 is 0 Å². The highest BCUT2D eigenvalue weighted by Crippen LogP contribution is 2.49. The first-order chi connectivity index (χ1) is 15.1. The van der Waals surface area contributed by atoms with E-state index < -0.39 is 5.97 Å². The molecule has 0 bridgehead atoms. The zero-order chi connectivity index (χ0) is 21.1. The lowest BCUT2D eigenvalue weighted by molar-refractivity contribution is -0.471. The molecule has 31 heavy (non-hydrogen) atoms. The third kappa shape index (κ3) is 2.50. The van der Waals surface area contributed by atoms with Gasteiger partial charge in [-0.2, -0.15) is 0 Å². The largest absolute Gasteiger partial charge is 0.550 e. The molecule has 0 fully saturated rings. The minimum atomic E-state index is -1.08. The third-order valence-electron chi connectivity index (χ3n) is 5.87. The van der Waals surface area contributed by atoms with E-state index in [1.165, 1.54) is 66.1 Å². The molecule has 5 heteroatoms. The van der Waals surface area contributed by atoms with Gasteiger partial charge in [-0.1, -0.05) is 48.5 Å². The maximum Gasteiger partial charge on any atom is 0.203 e. The molecule has 0 aliphatic carbocycles. The molecule has 149 valence electrons. The Morgan fingerprint density at radius 2 is 1.29 bits per heavy atom. The smallest absolute Gasteiger partial charge is 0.203 e. The Morgan fingerprint density at radius 3 is 1.97 bits per heavy atom. The molecule has 0 amide bonds. The van der Waals surface area contributed by atoms with Gasteiger partial charge in [0, 0.05) is 39.2 Å². The van der Waals surface area contributed by atoms with Gasteiger partial charge in [0.25, 0.3) is 0 Å². The van der Waals surface area contributed by atoms with Crippen molar-refractivity contribution in [3.8, 4) is 11.1 Å². The van der Waals surface area contributed by atoms with E-state index in [4.69, 9.17) is 9.90 Å². The van der Waals surface area contributed by atoms with Crippen LogP contribution in [0.15, 0.2) is 72.8 Å². The molecule has 0 spiro atoms. The molecule has 0 saturated carbocycles. The van der Waals surface area contributed by atoms with Crippen molar-refractivity contribution < 1.29 is 15.2 Å². The Kier molecular flexibility index (Phi) is 3.69. The Labute approximate surface area is 177 Å². The first-order valence-electron chi connectivity index (χ1n) is 10.1. The van der Waals surface area contributed by atoms with Crippen LogP contribution in [0.2, 0.25) is 0 Å². The van der Waals surface area contributed by atoms with E-state index in [1.807, 2.05) is 0 Å². The quantitative estimate of drug-likeness (QED) is 0.357. The number of fused-ring (bicyclic) bond motifs is 12. The summed E-state index contributed by atoms with van der Waals surface area (Å²) in [5.74, 6) is -1.08. The molecule has 5 nitrogen and oxygen atoms in total. The number of carboxylic acids is 1. The van der Waals surface area contributed by atoms with Gasteiger partial charge < -0.3 is 19.9 Å². The predicted octanol–water partition coefficient (Wildman–Crippen LogP) is 4.00. The Hall–Kier alpha value is -4.09. The molecule has 1 aliphatic rings. The van der Waals surface area contributed by atoms with Crippen molar-refractivity contribution in [2.45, 2.75) is 6.92 Å². The van der Waals surface area contributed by atoms with Gasteiger partial charge in [-0.15, -0.1) is 5.32 Å². The van der Waals surface area contributed by atoms with Crippen molar-refractivity contribution in [3.05, 3.63) is 72.8 Å². The summed E-state index contributed by atoms with van der Waals surface area (Å²) in [6.45, 7) is 0.972. The fourth-order valence-corrected chi connectivity index (χ4v) is 4.77. The maximum absolute atomic E-state index is 8.89. The molecule has 0 saturated heterocycles. The molecule has 4 aromatic carbocycles. The first kappa shape index (κ1) is 17.7. The second-order valence-corrected chi connectivity index (χ2v) is 7.75. The van der Waals surface area contributed by atoms with Gasteiger partial charge in [0.15, 0.2) is 5.69 Å². The van der Waals surface area contributed by atoms with Crippen molar-refractivity contribution in [2.75, 3.05) is 0 Å². The highest BCUT2D eigenvalue weighted by molar-refractivity contribution is 6.31. The number of rotatable bonds is 0. The number of para-hydroxylation sites is 3. The highest BCUT2D eigenvalue weighted by Gasteiger charge is 2.34. The number of H-pyrrole nitrogens is 2. The molecule has 1 aliphatic heterocycles. The number of aromatic nitrogens is 2. The number of carbonyl (C=O) groups is 1. The fourth-order valence-electron chi connectivity index (χ4n) is 4.77. The monoisotopic (exact) mass is 404 g/mol. The van der Waals surface area contributed by atoms with E-state index in [1.54, 1.807) is 0 Å². The van der Waals surface area contributed by atoms with Crippen molar-refractivity contribution >= 4 is 61.0 Å². The van der Waals surface area contributed by atoms with Gasteiger partial charge in [0.1, 0.15) is 0 Å². The van der Waals surface area contributed by atoms with Crippen LogP contribution in [0.5, 0.6) is 0 Å². The van der Waals surface area contributed by atoms with E-state index in [9.17, 15) is 0 Å². The van der Waals surface area contributed by atoms with Gasteiger partial charge in [0.2, 0.25) is 5.69 Å². The molecule has 6 aromatic rings. The van der Waals surface area contributed by atoms with Gasteiger partial charge in [-0.05, 0) is 25.1 Å². The number of hydrogen-bond acceptors (Lipinski definition) is 3. The van der Waals surface area contributed by atoms with Gasteiger partial charge >= 0.3 is 0 Å². The summed E-state index contributed by atoms with van der Waals surface area (Å²) in [4.78, 5) is 16.2. The number of benzene rings is 4. The number of anilines is 2. The number of carboxylic acid groups (broad SMARTS) is 1. The van der Waals surface area contributed by atoms with Crippen molar-refractivity contribution in [1.82, 2.24) is 9.97 Å². The van der Waals surface area contributed by atoms with Crippen LogP contribution in [0.3, 0.4) is 0 Å². The summed E-state index contributed by atoms with van der Waals surface area (Å²) in [6.07, 6.45) is 0. The Bertz CT molecular complexity index is 1650. The summed E-state index contributed by atoms with van der Waals surface area (Å²) in [5, 5.41) is 17.7. The molecule has 3 heterocycles. The number of carbonyl (C=O) groups excluding carboxylic acids is 1. The van der Waals surface area contributed by atoms with Crippen LogP contribution in [0.1, 0.15) is 6.92 Å². The predicted molar refractivity (Wildman–Crippen MR) is 122 cm³/mol. The molecular weight excluding hydrogens is 386 g/mol. The minimum absolute atomic E-state index is 0.972. The molecule has 1 radical (unpaired) electrons. The minimum Gasteiger partial charge on any atom is -0.550 e. The summed E-state index contributed by atoms with van der Waals surface area (Å²) in [5.41, 5.74) is 9.65. The fraction of sp³-hybridized carbons (Fsp3) is 0.0385. The molecule has 7 rings (SSSR count). The number of nitrogens with one attached hydrogen (secondary N) is 3. The lowest BCUT2D eigenvalue weighted by atomic mass is 9.96. The lowest BCUT2D eigenvalue weighted by Gasteiger charge is -2.02. The van der Waals surface area contributed by atoms with Crippen molar-refractivity contribution in [1.29, 1.82) is 0 Å². The second-order valence-electron chi connectivity index (χ2n) is 7.75. The molecule has 2 aromatic heterocycles. The van der Waals surface area contributed by atoms with E-state index in [-0.39, 0.29) is 0 Å². The lowest BCUT2D eigenvalue weighted by Crippen LogP contribution is -2.69. The normalized spacial score (nSPS) is 12.2. The topological polar surface area (TPSA) is 87.3 Å². The van der Waals surface area contributed by atoms with Crippen molar-refractivity contribution in [2.24, 2.45) is 0 Å². The number of aromatic amines is 2. The Balaban J connectivity index is 0.000000430. The summed E-state index contributed by atoms with van der Waals surface area (Å²) >= 11 is 0. The molecule has 3 N–H and O–H groups in total. The maximum atomic E-state index is 8.89. The van der Waals surface area contributed by atoms with Gasteiger partial charge in [-0.25, -0.2) is 0 Å². The van der Waals surface area contributed by atoms with Crippen LogP contribution in [0, 0.1) is 0 Å². The molecule has 0 unspecified atom stereocenters. The molecular formula is C26H18N3O2. The van der Waals surface area contributed by atoms with Crippen LogP contribution in [0.4, 0.5) is 11.4 Å². The summed E-state index contributed by atoms with van der Waals surface area (Å²) in [6, 6.07) is 25.7. The third-order valence-corrected chi connectivity index (χ3v) is 5.87. The van der Waals surface area contributed by atoms with Crippen LogP contribution in [-0.4, -0.2) is 15.9 Å². The van der Waals surface area contributed by atoms with E-state index in [0.717, 1.165) is 6.92 Å². The van der Waals surface area contributed by atoms with E-state index in [0.29, 0.717) is 0 Å². The standard InChI is InChI=1S/C24H15N3.C2H4O2/c1-4-10-16-13(7-1)19-20-14-8-2-5-11-17(14)26-23(20)24-21(22(19)25-16)15-9-3-6-12-18(15)27-24;1-2(3)4/h1-12,25-27H;1H3,(H,3,4)/q+1;/p-1. The Morgan fingerprint density at radius 1 is 0.774 bits per heavy atom. The first-order valence-corrected chi connectivity index (χ1v) is 10.1. The average Bonchev–Trinajstić information content (AvgIpc) is 3.43. The highest BCUT2D eigenvalue weighted by atomic mass is 16.4. The summed E-state index contributed by atoms with van der Waals surface area (Å²) in [7, 11) is 0. The van der Waals surface area contributed by atoms with Crippen LogP contribution in [0.25, 0.3) is 54.7 Å². The summed E-state index contributed by atoms with van der Waals surface area (Å²) < 4.78 is 0. The van der Waals surface area contributed by atoms with Crippen molar-refractivity contribution in [3.63, 3.8) is 0 Å². The van der Waals surface area contributed by atoms with Crippen LogP contribution in [-0.2, 0) is 4.79 Å². The number of aliphatic carboxylic acids is 1. The second kappa shape index (κ2) is 6.45. The molecule has 0 atom stereocenters. The zero-order valence-corrected chi connectivity index (χ0v) is 16.7.